The molecule has 2 aromatic rings. The summed E-state index contributed by atoms with van der Waals surface area (Å²) in [6.07, 6.45) is 0. The molecule has 7 nitrogen and oxygen atoms in total. The lowest BCUT2D eigenvalue weighted by Crippen LogP contribution is -2.69. The van der Waals surface area contributed by atoms with Crippen LogP contribution in [0.5, 0.6) is 0 Å². The van der Waals surface area contributed by atoms with Gasteiger partial charge in [-0.25, -0.2) is 4.79 Å². The number of aromatic nitrogens is 2. The molecule has 0 radical (unpaired) electrons. The van der Waals surface area contributed by atoms with E-state index in [1.807, 2.05) is 42.3 Å². The monoisotopic (exact) mass is 285 g/mol. The summed E-state index contributed by atoms with van der Waals surface area (Å²) in [7, 11) is 1.82. The van der Waals surface area contributed by atoms with Crippen LogP contribution in [0.2, 0.25) is 0 Å². The van der Waals surface area contributed by atoms with E-state index in [-0.39, 0.29) is 11.6 Å². The number of nitrogens with zero attached hydrogens (tertiary/aromatic N) is 4. The smallest absolute Gasteiger partial charge is 0.317 e. The first-order valence-electron chi connectivity index (χ1n) is 6.84. The molecule has 2 amide bonds. The zero-order chi connectivity index (χ0) is 14.4. The van der Waals surface area contributed by atoms with E-state index in [0.717, 1.165) is 18.7 Å². The van der Waals surface area contributed by atoms with Crippen molar-refractivity contribution in [3.63, 3.8) is 0 Å². The molecule has 0 bridgehead atoms. The minimum atomic E-state index is -0.134. The van der Waals surface area contributed by atoms with Gasteiger partial charge in [0, 0.05) is 32.2 Å². The van der Waals surface area contributed by atoms with Gasteiger partial charge in [-0.05, 0) is 17.3 Å². The maximum absolute atomic E-state index is 11.6. The van der Waals surface area contributed by atoms with Crippen LogP contribution >= 0.6 is 0 Å². The van der Waals surface area contributed by atoms with Gasteiger partial charge in [0.1, 0.15) is 0 Å². The zero-order valence-corrected chi connectivity index (χ0v) is 11.6. The number of likely N-dealkylation sites (N-methyl/N-ethyl adjacent to an activating group) is 1. The van der Waals surface area contributed by atoms with E-state index < -0.39 is 0 Å². The van der Waals surface area contributed by atoms with Crippen molar-refractivity contribution >= 4 is 12.0 Å². The standard InChI is InChI=1S/C14H15N5O2/c1-18-13(20)15-7-14(18)8-19(9-14)12-16-11(21-17-12)10-5-3-2-4-6-10/h2-6H,7-9H2,1H3,(H,15,20). The largest absolute Gasteiger partial charge is 0.335 e. The van der Waals surface area contributed by atoms with Gasteiger partial charge in [-0.15, -0.1) is 0 Å². The Morgan fingerprint density at radius 3 is 2.71 bits per heavy atom. The van der Waals surface area contributed by atoms with E-state index in [4.69, 9.17) is 4.52 Å². The summed E-state index contributed by atoms with van der Waals surface area (Å²) in [5, 5.41) is 6.89. The van der Waals surface area contributed by atoms with Crippen molar-refractivity contribution in [2.24, 2.45) is 0 Å². The van der Waals surface area contributed by atoms with Gasteiger partial charge in [0.2, 0.25) is 0 Å². The molecule has 0 unspecified atom stereocenters. The zero-order valence-electron chi connectivity index (χ0n) is 11.6. The van der Waals surface area contributed by atoms with Crippen molar-refractivity contribution in [2.75, 3.05) is 31.6 Å². The highest BCUT2D eigenvalue weighted by Crippen LogP contribution is 2.33. The lowest BCUT2D eigenvalue weighted by Gasteiger charge is -2.49. The van der Waals surface area contributed by atoms with Gasteiger partial charge < -0.3 is 19.6 Å². The Morgan fingerprint density at radius 1 is 1.29 bits per heavy atom. The Labute approximate surface area is 121 Å². The number of urea groups is 1. The van der Waals surface area contributed by atoms with Crippen molar-refractivity contribution in [1.82, 2.24) is 20.4 Å². The van der Waals surface area contributed by atoms with Gasteiger partial charge in [0.05, 0.1) is 5.54 Å². The average Bonchev–Trinajstić information content (AvgIpc) is 3.05. The molecule has 3 heterocycles. The average molecular weight is 285 g/mol. The fourth-order valence-electron chi connectivity index (χ4n) is 2.86. The molecule has 2 aliphatic heterocycles. The first-order valence-corrected chi connectivity index (χ1v) is 6.84. The third kappa shape index (κ3) is 1.77. The van der Waals surface area contributed by atoms with E-state index >= 15 is 0 Å². The van der Waals surface area contributed by atoms with E-state index in [0.29, 0.717) is 18.4 Å². The highest BCUT2D eigenvalue weighted by molar-refractivity contribution is 5.78. The lowest BCUT2D eigenvalue weighted by molar-refractivity contribution is 0.150. The summed E-state index contributed by atoms with van der Waals surface area (Å²) in [6, 6.07) is 9.66. The predicted octanol–water partition coefficient (Wildman–Crippen LogP) is 0.950. The highest BCUT2D eigenvalue weighted by atomic mass is 16.5. The summed E-state index contributed by atoms with van der Waals surface area (Å²) in [6.45, 7) is 2.11. The molecule has 4 rings (SSSR count). The molecule has 1 aromatic heterocycles. The molecule has 2 saturated heterocycles. The minimum Gasteiger partial charge on any atom is -0.335 e. The number of anilines is 1. The molecule has 108 valence electrons. The quantitative estimate of drug-likeness (QED) is 0.889. The molecular formula is C14H15N5O2. The van der Waals surface area contributed by atoms with Crippen molar-refractivity contribution in [3.8, 4) is 11.5 Å². The SMILES string of the molecule is CN1C(=O)NCC12CN(c1noc(-c3ccccc3)n1)C2. The van der Waals surface area contributed by atoms with Crippen molar-refractivity contribution in [2.45, 2.75) is 5.54 Å². The van der Waals surface area contributed by atoms with Crippen LogP contribution in [-0.2, 0) is 0 Å². The number of hydrogen-bond donors (Lipinski definition) is 1. The molecular weight excluding hydrogens is 270 g/mol. The van der Waals surface area contributed by atoms with E-state index in [2.05, 4.69) is 15.5 Å². The second-order valence-corrected chi connectivity index (χ2v) is 5.56. The summed E-state index contributed by atoms with van der Waals surface area (Å²) in [5.74, 6) is 1.09. The number of carbonyl (C=O) groups excluding carboxylic acids is 1. The van der Waals surface area contributed by atoms with Gasteiger partial charge in [0.15, 0.2) is 0 Å². The van der Waals surface area contributed by atoms with E-state index in [9.17, 15) is 4.79 Å². The van der Waals surface area contributed by atoms with E-state index in [1.165, 1.54) is 0 Å². The highest BCUT2D eigenvalue weighted by Gasteiger charge is 2.53. The molecule has 7 heteroatoms. The van der Waals surface area contributed by atoms with Crippen LogP contribution in [-0.4, -0.2) is 53.3 Å². The topological polar surface area (TPSA) is 74.5 Å². The van der Waals surface area contributed by atoms with Crippen LogP contribution < -0.4 is 10.2 Å². The van der Waals surface area contributed by atoms with Gasteiger partial charge in [-0.3, -0.25) is 0 Å². The van der Waals surface area contributed by atoms with Gasteiger partial charge in [-0.1, -0.05) is 18.2 Å². The van der Waals surface area contributed by atoms with Crippen LogP contribution in [0, 0.1) is 0 Å². The van der Waals surface area contributed by atoms with Crippen molar-refractivity contribution in [1.29, 1.82) is 0 Å². The number of benzene rings is 1. The Morgan fingerprint density at radius 2 is 2.05 bits per heavy atom. The first-order chi connectivity index (χ1) is 10.2. The summed E-state index contributed by atoms with van der Waals surface area (Å²) >= 11 is 0. The minimum absolute atomic E-state index is 0.0206. The molecule has 0 aliphatic carbocycles. The number of nitrogens with one attached hydrogen (secondary N) is 1. The molecule has 1 N–H and O–H groups in total. The molecule has 21 heavy (non-hydrogen) atoms. The van der Waals surface area contributed by atoms with Crippen LogP contribution in [0.3, 0.4) is 0 Å². The van der Waals surface area contributed by atoms with Crippen LogP contribution in [0.1, 0.15) is 0 Å². The summed E-state index contributed by atoms with van der Waals surface area (Å²) < 4.78 is 5.31. The van der Waals surface area contributed by atoms with Crippen molar-refractivity contribution in [3.05, 3.63) is 30.3 Å². The molecule has 2 aliphatic rings. The third-order valence-electron chi connectivity index (χ3n) is 4.27. The molecule has 0 atom stereocenters. The molecule has 1 aromatic carbocycles. The molecule has 0 saturated carbocycles. The number of rotatable bonds is 2. The van der Waals surface area contributed by atoms with Crippen LogP contribution in [0.4, 0.5) is 10.7 Å². The predicted molar refractivity (Wildman–Crippen MR) is 75.8 cm³/mol. The van der Waals surface area contributed by atoms with Gasteiger partial charge in [0.25, 0.3) is 11.8 Å². The van der Waals surface area contributed by atoms with E-state index in [1.54, 1.807) is 4.90 Å². The Bertz CT molecular complexity index is 678. The van der Waals surface area contributed by atoms with Gasteiger partial charge >= 0.3 is 6.03 Å². The molecule has 1 spiro atoms. The summed E-state index contributed by atoms with van der Waals surface area (Å²) in [4.78, 5) is 19.8. The van der Waals surface area contributed by atoms with Gasteiger partial charge in [-0.2, -0.15) is 4.98 Å². The Kier molecular flexibility index (Phi) is 2.44. The Hall–Kier alpha value is -2.57. The normalized spacial score (nSPS) is 19.8. The second kappa shape index (κ2) is 4.21. The number of carbonyl (C=O) groups is 1. The third-order valence-corrected chi connectivity index (χ3v) is 4.27. The maximum atomic E-state index is 11.6. The number of amides is 2. The fourth-order valence-corrected chi connectivity index (χ4v) is 2.86. The Balaban J connectivity index is 1.50. The van der Waals surface area contributed by atoms with Crippen LogP contribution in [0.15, 0.2) is 34.9 Å². The molecule has 2 fully saturated rings. The van der Waals surface area contributed by atoms with Crippen molar-refractivity contribution < 1.29 is 9.32 Å². The summed E-state index contributed by atoms with van der Waals surface area (Å²) in [5.41, 5.74) is 0.770. The maximum Gasteiger partial charge on any atom is 0.317 e. The first kappa shape index (κ1) is 12.2. The lowest BCUT2D eigenvalue weighted by atomic mass is 9.90. The van der Waals surface area contributed by atoms with Crippen LogP contribution in [0.25, 0.3) is 11.5 Å². The second-order valence-electron chi connectivity index (χ2n) is 5.56. The number of hydrogen-bond acceptors (Lipinski definition) is 5. The fraction of sp³-hybridized carbons (Fsp3) is 0.357.